The fraction of sp³-hybridized carbons (Fsp3) is 0.600. The second-order valence-corrected chi connectivity index (χ2v) is 3.53. The van der Waals surface area contributed by atoms with Gasteiger partial charge in [-0.1, -0.05) is 0 Å². The molecule has 0 aromatic carbocycles. The van der Waals surface area contributed by atoms with E-state index >= 15 is 0 Å². The Morgan fingerprint density at radius 2 is 2.40 bits per heavy atom. The van der Waals surface area contributed by atoms with Crippen molar-refractivity contribution in [2.24, 2.45) is 0 Å². The maximum Gasteiger partial charge on any atom is 0.356 e. The summed E-state index contributed by atoms with van der Waals surface area (Å²) in [5.74, 6) is -0.348. The van der Waals surface area contributed by atoms with Gasteiger partial charge in [-0.25, -0.2) is 4.79 Å². The number of esters is 1. The molecule has 5 nitrogen and oxygen atoms in total. The molecule has 0 bridgehead atoms. The average molecular weight is 211 g/mol. The van der Waals surface area contributed by atoms with E-state index in [0.29, 0.717) is 12.2 Å². The first-order chi connectivity index (χ1) is 7.08. The van der Waals surface area contributed by atoms with Crippen molar-refractivity contribution < 1.29 is 9.53 Å². The topological polar surface area (TPSA) is 56.2 Å². The van der Waals surface area contributed by atoms with Gasteiger partial charge in [-0.3, -0.25) is 4.68 Å². The first-order valence-corrected chi connectivity index (χ1v) is 4.88. The van der Waals surface area contributed by atoms with Gasteiger partial charge in [0.2, 0.25) is 0 Å². The molecule has 15 heavy (non-hydrogen) atoms. The number of methoxy groups -OCH3 is 1. The smallest absolute Gasteiger partial charge is 0.356 e. The van der Waals surface area contributed by atoms with Crippen molar-refractivity contribution in [1.82, 2.24) is 15.1 Å². The summed E-state index contributed by atoms with van der Waals surface area (Å²) in [5.41, 5.74) is 1.32. The van der Waals surface area contributed by atoms with E-state index in [1.54, 1.807) is 10.7 Å². The lowest BCUT2D eigenvalue weighted by molar-refractivity contribution is 0.0586. The Morgan fingerprint density at radius 1 is 1.73 bits per heavy atom. The summed E-state index contributed by atoms with van der Waals surface area (Å²) in [4.78, 5) is 11.4. The quantitative estimate of drug-likeness (QED) is 0.740. The molecule has 0 saturated carbocycles. The number of hydrogen-bond donors (Lipinski definition) is 1. The maximum atomic E-state index is 11.4. The van der Waals surface area contributed by atoms with Gasteiger partial charge < -0.3 is 10.1 Å². The first kappa shape index (κ1) is 11.7. The molecular weight excluding hydrogens is 194 g/mol. The number of carbonyl (C=O) groups is 1. The molecule has 5 heteroatoms. The largest absolute Gasteiger partial charge is 0.464 e. The third kappa shape index (κ3) is 2.79. The Hall–Kier alpha value is -1.36. The van der Waals surface area contributed by atoms with Crippen LogP contribution >= 0.6 is 0 Å². The van der Waals surface area contributed by atoms with Gasteiger partial charge in [-0.2, -0.15) is 5.10 Å². The SMILES string of the molecule is CNC(C)Cn1nc(C)cc1C(=O)OC. The van der Waals surface area contributed by atoms with E-state index in [2.05, 4.69) is 15.2 Å². The number of rotatable bonds is 4. The molecule has 1 N–H and O–H groups in total. The number of aryl methyl sites for hydroxylation is 1. The zero-order chi connectivity index (χ0) is 11.4. The van der Waals surface area contributed by atoms with Crippen LogP contribution in [0.2, 0.25) is 0 Å². The molecular formula is C10H17N3O2. The van der Waals surface area contributed by atoms with Gasteiger partial charge in [0.25, 0.3) is 0 Å². The highest BCUT2D eigenvalue weighted by Crippen LogP contribution is 2.06. The van der Waals surface area contributed by atoms with Gasteiger partial charge in [-0.15, -0.1) is 0 Å². The van der Waals surface area contributed by atoms with Crippen LogP contribution in [0.15, 0.2) is 6.07 Å². The van der Waals surface area contributed by atoms with E-state index < -0.39 is 0 Å². The number of nitrogens with one attached hydrogen (secondary N) is 1. The van der Waals surface area contributed by atoms with E-state index in [-0.39, 0.29) is 12.0 Å². The molecule has 0 aliphatic carbocycles. The molecule has 1 heterocycles. The van der Waals surface area contributed by atoms with E-state index in [1.165, 1.54) is 7.11 Å². The van der Waals surface area contributed by atoms with E-state index in [9.17, 15) is 4.79 Å². The molecule has 1 aromatic rings. The van der Waals surface area contributed by atoms with Crippen LogP contribution in [0.5, 0.6) is 0 Å². The normalized spacial score (nSPS) is 12.5. The van der Waals surface area contributed by atoms with Crippen molar-refractivity contribution in [3.63, 3.8) is 0 Å². The third-order valence-electron chi connectivity index (χ3n) is 2.24. The molecule has 1 unspecified atom stereocenters. The summed E-state index contributed by atoms with van der Waals surface area (Å²) in [6.45, 7) is 4.53. The third-order valence-corrected chi connectivity index (χ3v) is 2.24. The highest BCUT2D eigenvalue weighted by atomic mass is 16.5. The van der Waals surface area contributed by atoms with Gasteiger partial charge >= 0.3 is 5.97 Å². The molecule has 0 aliphatic heterocycles. The zero-order valence-electron chi connectivity index (χ0n) is 9.57. The van der Waals surface area contributed by atoms with Gasteiger partial charge in [0, 0.05) is 6.04 Å². The predicted octanol–water partition coefficient (Wildman–Crippen LogP) is 0.586. The van der Waals surface area contributed by atoms with Gasteiger partial charge in [0.1, 0.15) is 5.69 Å². The monoisotopic (exact) mass is 211 g/mol. The minimum absolute atomic E-state index is 0.257. The van der Waals surface area contributed by atoms with Gasteiger partial charge in [0.15, 0.2) is 0 Å². The Bertz CT molecular complexity index is 346. The minimum Gasteiger partial charge on any atom is -0.464 e. The molecule has 0 amide bonds. The Balaban J connectivity index is 2.91. The number of nitrogens with zero attached hydrogens (tertiary/aromatic N) is 2. The van der Waals surface area contributed by atoms with Gasteiger partial charge in [-0.05, 0) is 27.0 Å². The number of ether oxygens (including phenoxy) is 1. The highest BCUT2D eigenvalue weighted by molar-refractivity contribution is 5.87. The molecule has 0 aliphatic rings. The Kier molecular flexibility index (Phi) is 3.85. The number of likely N-dealkylation sites (N-methyl/N-ethyl adjacent to an activating group) is 1. The Labute approximate surface area is 89.4 Å². The summed E-state index contributed by atoms with van der Waals surface area (Å²) >= 11 is 0. The summed E-state index contributed by atoms with van der Waals surface area (Å²) < 4.78 is 6.35. The molecule has 1 aromatic heterocycles. The van der Waals surface area contributed by atoms with E-state index in [0.717, 1.165) is 5.69 Å². The zero-order valence-corrected chi connectivity index (χ0v) is 9.57. The minimum atomic E-state index is -0.348. The van der Waals surface area contributed by atoms with Crippen molar-refractivity contribution in [1.29, 1.82) is 0 Å². The lowest BCUT2D eigenvalue weighted by Crippen LogP contribution is -2.28. The van der Waals surface area contributed by atoms with Crippen LogP contribution in [-0.4, -0.2) is 35.9 Å². The van der Waals surface area contributed by atoms with Crippen LogP contribution in [0.25, 0.3) is 0 Å². The van der Waals surface area contributed by atoms with Crippen molar-refractivity contribution in [3.05, 3.63) is 17.5 Å². The summed E-state index contributed by atoms with van der Waals surface area (Å²) in [6.07, 6.45) is 0. The van der Waals surface area contributed by atoms with Crippen LogP contribution < -0.4 is 5.32 Å². The molecule has 0 saturated heterocycles. The maximum absolute atomic E-state index is 11.4. The fourth-order valence-corrected chi connectivity index (χ4v) is 1.30. The summed E-state index contributed by atoms with van der Waals surface area (Å²) in [5, 5.41) is 7.34. The summed E-state index contributed by atoms with van der Waals surface area (Å²) in [7, 11) is 3.25. The molecule has 0 fully saturated rings. The second kappa shape index (κ2) is 4.93. The molecule has 84 valence electrons. The van der Waals surface area contributed by atoms with E-state index in [4.69, 9.17) is 0 Å². The lowest BCUT2D eigenvalue weighted by atomic mass is 10.3. The van der Waals surface area contributed by atoms with Crippen molar-refractivity contribution >= 4 is 5.97 Å². The molecule has 1 atom stereocenters. The standard InChI is InChI=1S/C10H17N3O2/c1-7-5-9(10(14)15-4)13(12-7)6-8(2)11-3/h5,8,11H,6H2,1-4H3. The number of aromatic nitrogens is 2. The van der Waals surface area contributed by atoms with Crippen molar-refractivity contribution in [2.45, 2.75) is 26.4 Å². The fourth-order valence-electron chi connectivity index (χ4n) is 1.30. The summed E-state index contributed by atoms with van der Waals surface area (Å²) in [6, 6.07) is 1.99. The number of carbonyl (C=O) groups excluding carboxylic acids is 1. The molecule has 1 rings (SSSR count). The average Bonchev–Trinajstić information content (AvgIpc) is 2.58. The van der Waals surface area contributed by atoms with Crippen LogP contribution in [-0.2, 0) is 11.3 Å². The number of hydrogen-bond acceptors (Lipinski definition) is 4. The van der Waals surface area contributed by atoms with Crippen LogP contribution in [0.4, 0.5) is 0 Å². The lowest BCUT2D eigenvalue weighted by Gasteiger charge is -2.11. The highest BCUT2D eigenvalue weighted by Gasteiger charge is 2.15. The van der Waals surface area contributed by atoms with Crippen LogP contribution in [0, 0.1) is 6.92 Å². The first-order valence-electron chi connectivity index (χ1n) is 4.88. The second-order valence-electron chi connectivity index (χ2n) is 3.53. The molecule has 0 spiro atoms. The van der Waals surface area contributed by atoms with Gasteiger partial charge in [0.05, 0.1) is 19.3 Å². The van der Waals surface area contributed by atoms with E-state index in [1.807, 2.05) is 20.9 Å². The van der Waals surface area contributed by atoms with Crippen LogP contribution in [0.1, 0.15) is 23.1 Å². The van der Waals surface area contributed by atoms with Crippen LogP contribution in [0.3, 0.4) is 0 Å². The van der Waals surface area contributed by atoms with Crippen molar-refractivity contribution in [2.75, 3.05) is 14.2 Å². The van der Waals surface area contributed by atoms with Crippen molar-refractivity contribution in [3.8, 4) is 0 Å². The molecule has 0 radical (unpaired) electrons. The predicted molar refractivity (Wildman–Crippen MR) is 56.8 cm³/mol. The Morgan fingerprint density at radius 3 is 2.93 bits per heavy atom.